The molecule has 108 valence electrons. The molecule has 1 unspecified atom stereocenters. The van der Waals surface area contributed by atoms with E-state index in [1.807, 2.05) is 6.92 Å². The van der Waals surface area contributed by atoms with Gasteiger partial charge in [-0.1, -0.05) is 13.3 Å². The Hall–Kier alpha value is -1.10. The first-order valence-corrected chi connectivity index (χ1v) is 7.37. The van der Waals surface area contributed by atoms with Crippen molar-refractivity contribution in [3.05, 3.63) is 0 Å². The summed E-state index contributed by atoms with van der Waals surface area (Å²) in [5.74, 6) is -0.827. The molecule has 5 nitrogen and oxygen atoms in total. The number of hydrogen-bond acceptors (Lipinski definition) is 3. The van der Waals surface area contributed by atoms with Crippen LogP contribution in [-0.2, 0) is 9.59 Å². The molecule has 0 bridgehead atoms. The third kappa shape index (κ3) is 2.61. The average Bonchev–Trinajstić information content (AvgIpc) is 2.84. The highest BCUT2D eigenvalue weighted by Crippen LogP contribution is 2.35. The zero-order valence-corrected chi connectivity index (χ0v) is 11.7. The van der Waals surface area contributed by atoms with Crippen LogP contribution in [0.25, 0.3) is 0 Å². The molecule has 2 fully saturated rings. The maximum atomic E-state index is 12.6. The average molecular weight is 268 g/mol. The zero-order valence-electron chi connectivity index (χ0n) is 11.7. The van der Waals surface area contributed by atoms with Crippen molar-refractivity contribution in [3.63, 3.8) is 0 Å². The number of hydrogen-bond donors (Lipinski definition) is 2. The molecule has 1 amide bonds. The van der Waals surface area contributed by atoms with Crippen LogP contribution in [0.5, 0.6) is 0 Å². The van der Waals surface area contributed by atoms with E-state index in [1.54, 1.807) is 4.90 Å². The quantitative estimate of drug-likeness (QED) is 0.804. The second kappa shape index (κ2) is 5.90. The highest BCUT2D eigenvalue weighted by Gasteiger charge is 2.50. The molecule has 0 aromatic rings. The Kier molecular flexibility index (Phi) is 4.45. The lowest BCUT2D eigenvalue weighted by Crippen LogP contribution is -2.56. The number of amides is 1. The summed E-state index contributed by atoms with van der Waals surface area (Å²) in [6.07, 6.45) is 4.63. The monoisotopic (exact) mass is 268 g/mol. The summed E-state index contributed by atoms with van der Waals surface area (Å²) in [7, 11) is 0. The van der Waals surface area contributed by atoms with Crippen LogP contribution in [0, 0.1) is 5.92 Å². The number of aliphatic carboxylic acids is 1. The number of piperidine rings is 1. The summed E-state index contributed by atoms with van der Waals surface area (Å²) in [6, 6.07) is 0. The van der Waals surface area contributed by atoms with Crippen LogP contribution in [0.4, 0.5) is 0 Å². The van der Waals surface area contributed by atoms with Gasteiger partial charge < -0.3 is 15.3 Å². The molecule has 2 atom stereocenters. The van der Waals surface area contributed by atoms with Crippen LogP contribution in [0.2, 0.25) is 0 Å². The molecule has 0 radical (unpaired) electrons. The maximum absolute atomic E-state index is 12.6. The third-order valence-corrected chi connectivity index (χ3v) is 4.46. The van der Waals surface area contributed by atoms with Crippen LogP contribution in [0.3, 0.4) is 0 Å². The summed E-state index contributed by atoms with van der Waals surface area (Å²) >= 11 is 0. The Bertz CT molecular complexity index is 353. The fraction of sp³-hybridized carbons (Fsp3) is 0.857. The minimum Gasteiger partial charge on any atom is -0.479 e. The van der Waals surface area contributed by atoms with E-state index in [4.69, 9.17) is 0 Å². The van der Waals surface area contributed by atoms with Gasteiger partial charge in [0.25, 0.3) is 0 Å². The Morgan fingerprint density at radius 3 is 2.79 bits per heavy atom. The Morgan fingerprint density at radius 1 is 1.42 bits per heavy atom. The van der Waals surface area contributed by atoms with Gasteiger partial charge in [-0.2, -0.15) is 0 Å². The number of likely N-dealkylation sites (tertiary alicyclic amines) is 1. The summed E-state index contributed by atoms with van der Waals surface area (Å²) in [4.78, 5) is 26.0. The predicted molar refractivity (Wildman–Crippen MR) is 71.8 cm³/mol. The van der Waals surface area contributed by atoms with Crippen molar-refractivity contribution in [1.82, 2.24) is 10.2 Å². The molecule has 2 saturated heterocycles. The first-order valence-electron chi connectivity index (χ1n) is 7.37. The smallest absolute Gasteiger partial charge is 0.329 e. The van der Waals surface area contributed by atoms with Crippen LogP contribution in [0.15, 0.2) is 0 Å². The molecule has 2 rings (SSSR count). The topological polar surface area (TPSA) is 69.6 Å². The summed E-state index contributed by atoms with van der Waals surface area (Å²) in [6.45, 7) is 4.23. The van der Waals surface area contributed by atoms with E-state index in [9.17, 15) is 14.7 Å². The van der Waals surface area contributed by atoms with Crippen molar-refractivity contribution in [2.75, 3.05) is 19.6 Å². The lowest BCUT2D eigenvalue weighted by Gasteiger charge is -2.37. The number of carbonyl (C=O) groups excluding carboxylic acids is 1. The van der Waals surface area contributed by atoms with E-state index in [0.717, 1.165) is 32.2 Å². The largest absolute Gasteiger partial charge is 0.479 e. The minimum atomic E-state index is -0.941. The van der Waals surface area contributed by atoms with Gasteiger partial charge in [-0.3, -0.25) is 4.79 Å². The number of nitrogens with one attached hydrogen (secondary N) is 1. The molecule has 5 heteroatoms. The molecule has 2 aliphatic heterocycles. The molecule has 0 spiro atoms. The van der Waals surface area contributed by atoms with Gasteiger partial charge in [0.1, 0.15) is 5.54 Å². The standard InChI is InChI=1S/C14H24N2O3/c1-2-6-14(13(18)19)7-4-9-16(14)12(17)11-5-3-8-15-10-11/h11,15H,2-10H2,1H3,(H,18,19)/t11-,14?/m0/s1. The molecule has 0 aromatic heterocycles. The van der Waals surface area contributed by atoms with Gasteiger partial charge in [0.15, 0.2) is 0 Å². The lowest BCUT2D eigenvalue weighted by atomic mass is 9.88. The van der Waals surface area contributed by atoms with Gasteiger partial charge in [0, 0.05) is 13.1 Å². The Balaban J connectivity index is 2.16. The number of rotatable bonds is 4. The highest BCUT2D eigenvalue weighted by molar-refractivity contribution is 5.89. The fourth-order valence-electron chi connectivity index (χ4n) is 3.49. The van der Waals surface area contributed by atoms with Crippen molar-refractivity contribution >= 4 is 11.9 Å². The van der Waals surface area contributed by atoms with Crippen LogP contribution in [0.1, 0.15) is 45.4 Å². The van der Waals surface area contributed by atoms with Crippen molar-refractivity contribution in [2.45, 2.75) is 51.0 Å². The predicted octanol–water partition coefficient (Wildman–Crippen LogP) is 1.23. The first-order chi connectivity index (χ1) is 9.12. The number of nitrogens with zero attached hydrogens (tertiary/aromatic N) is 1. The van der Waals surface area contributed by atoms with E-state index in [1.165, 1.54) is 0 Å². The molecule has 0 aromatic carbocycles. The van der Waals surface area contributed by atoms with Crippen LogP contribution >= 0.6 is 0 Å². The molecule has 19 heavy (non-hydrogen) atoms. The van der Waals surface area contributed by atoms with Gasteiger partial charge in [-0.05, 0) is 38.6 Å². The third-order valence-electron chi connectivity index (χ3n) is 4.46. The Labute approximate surface area is 114 Å². The summed E-state index contributed by atoms with van der Waals surface area (Å²) in [5.41, 5.74) is -0.941. The summed E-state index contributed by atoms with van der Waals surface area (Å²) < 4.78 is 0. The van der Waals surface area contributed by atoms with E-state index >= 15 is 0 Å². The van der Waals surface area contributed by atoms with Crippen molar-refractivity contribution < 1.29 is 14.7 Å². The second-order valence-electron chi connectivity index (χ2n) is 5.72. The van der Waals surface area contributed by atoms with Crippen LogP contribution < -0.4 is 5.32 Å². The fourth-order valence-corrected chi connectivity index (χ4v) is 3.49. The van der Waals surface area contributed by atoms with E-state index < -0.39 is 11.5 Å². The first kappa shape index (κ1) is 14.3. The van der Waals surface area contributed by atoms with Gasteiger partial charge in [-0.15, -0.1) is 0 Å². The molecular formula is C14H24N2O3. The highest BCUT2D eigenvalue weighted by atomic mass is 16.4. The Morgan fingerprint density at radius 2 is 2.21 bits per heavy atom. The van der Waals surface area contributed by atoms with Crippen molar-refractivity contribution in [2.24, 2.45) is 5.92 Å². The molecule has 0 aliphatic carbocycles. The van der Waals surface area contributed by atoms with Crippen molar-refractivity contribution in [1.29, 1.82) is 0 Å². The number of carboxylic acids is 1. The number of carbonyl (C=O) groups is 2. The molecular weight excluding hydrogens is 244 g/mol. The zero-order chi connectivity index (χ0) is 13.9. The van der Waals surface area contributed by atoms with E-state index in [-0.39, 0.29) is 11.8 Å². The van der Waals surface area contributed by atoms with Gasteiger partial charge in [0.2, 0.25) is 5.91 Å². The SMILES string of the molecule is CCCC1(C(=O)O)CCCN1C(=O)[C@H]1CCCNC1. The number of carboxylic acid groups (broad SMARTS) is 1. The normalized spacial score (nSPS) is 31.4. The molecule has 0 saturated carbocycles. The summed E-state index contributed by atoms with van der Waals surface area (Å²) in [5, 5.41) is 12.8. The maximum Gasteiger partial charge on any atom is 0.329 e. The molecule has 2 N–H and O–H groups in total. The molecule has 2 aliphatic rings. The van der Waals surface area contributed by atoms with Gasteiger partial charge in [0.05, 0.1) is 5.92 Å². The van der Waals surface area contributed by atoms with Gasteiger partial charge in [-0.25, -0.2) is 4.79 Å². The van der Waals surface area contributed by atoms with Crippen LogP contribution in [-0.4, -0.2) is 47.1 Å². The lowest BCUT2D eigenvalue weighted by molar-refractivity contribution is -0.159. The minimum absolute atomic E-state index is 0.0394. The second-order valence-corrected chi connectivity index (χ2v) is 5.72. The van der Waals surface area contributed by atoms with Crippen molar-refractivity contribution in [3.8, 4) is 0 Å². The van der Waals surface area contributed by atoms with Gasteiger partial charge >= 0.3 is 5.97 Å². The van der Waals surface area contributed by atoms with E-state index in [2.05, 4.69) is 5.32 Å². The van der Waals surface area contributed by atoms with E-state index in [0.29, 0.717) is 25.9 Å². The molecule has 2 heterocycles.